The molecule has 0 atom stereocenters. The smallest absolute Gasteiger partial charge is 0.258 e. The van der Waals surface area contributed by atoms with E-state index >= 15 is 0 Å². The van der Waals surface area contributed by atoms with Gasteiger partial charge in [0, 0.05) is 0 Å². The molecule has 122 valence electrons. The molecular weight excluding hydrogens is 347 g/mol. The second kappa shape index (κ2) is 5.97. The number of H-pyrrole nitrogens is 1. The zero-order valence-corrected chi connectivity index (χ0v) is 12.4. The summed E-state index contributed by atoms with van der Waals surface area (Å²) in [6, 6.07) is 4.78. The van der Waals surface area contributed by atoms with E-state index in [0.717, 1.165) is 6.33 Å². The maximum atomic E-state index is 13.9. The van der Waals surface area contributed by atoms with Crippen LogP contribution in [0.5, 0.6) is 0 Å². The second-order valence-corrected chi connectivity index (χ2v) is 5.11. The van der Waals surface area contributed by atoms with Crippen molar-refractivity contribution in [1.29, 1.82) is 0 Å². The van der Waals surface area contributed by atoms with Gasteiger partial charge in [0.05, 0.1) is 23.0 Å². The SMILES string of the molecule is O=C(Nc1cccc2c(=O)[nH]cnc12)c1cc(F)c(F)c(Cl)c1F. The van der Waals surface area contributed by atoms with E-state index in [9.17, 15) is 22.8 Å². The van der Waals surface area contributed by atoms with Crippen LogP contribution in [-0.2, 0) is 0 Å². The third-order valence-corrected chi connectivity index (χ3v) is 3.60. The van der Waals surface area contributed by atoms with E-state index in [0.29, 0.717) is 6.07 Å². The number of halogens is 4. The number of aromatic nitrogens is 2. The molecule has 3 rings (SSSR count). The molecule has 5 nitrogen and oxygen atoms in total. The van der Waals surface area contributed by atoms with Crippen molar-refractivity contribution in [3.05, 3.63) is 69.0 Å². The Morgan fingerprint density at radius 2 is 1.96 bits per heavy atom. The van der Waals surface area contributed by atoms with Gasteiger partial charge >= 0.3 is 0 Å². The number of para-hydroxylation sites is 1. The lowest BCUT2D eigenvalue weighted by molar-refractivity contribution is 0.102. The molecule has 0 spiro atoms. The number of fused-ring (bicyclic) bond motifs is 1. The molecule has 0 aliphatic rings. The lowest BCUT2D eigenvalue weighted by Crippen LogP contribution is -2.16. The number of amides is 1. The highest BCUT2D eigenvalue weighted by atomic mass is 35.5. The minimum Gasteiger partial charge on any atom is -0.320 e. The van der Waals surface area contributed by atoms with Crippen LogP contribution in [0.4, 0.5) is 18.9 Å². The van der Waals surface area contributed by atoms with Gasteiger partial charge in [-0.25, -0.2) is 18.2 Å². The van der Waals surface area contributed by atoms with Crippen molar-refractivity contribution in [3.63, 3.8) is 0 Å². The molecule has 0 saturated heterocycles. The molecule has 0 radical (unpaired) electrons. The zero-order chi connectivity index (χ0) is 17.4. The Hall–Kier alpha value is -2.87. The molecule has 0 bridgehead atoms. The molecule has 0 aliphatic heterocycles. The van der Waals surface area contributed by atoms with Gasteiger partial charge in [-0.3, -0.25) is 9.59 Å². The molecule has 2 aromatic carbocycles. The number of anilines is 1. The van der Waals surface area contributed by atoms with Gasteiger partial charge in [-0.1, -0.05) is 17.7 Å². The van der Waals surface area contributed by atoms with Crippen molar-refractivity contribution in [2.45, 2.75) is 0 Å². The van der Waals surface area contributed by atoms with Gasteiger partial charge < -0.3 is 10.3 Å². The lowest BCUT2D eigenvalue weighted by atomic mass is 10.1. The van der Waals surface area contributed by atoms with Crippen LogP contribution in [0.1, 0.15) is 10.4 Å². The van der Waals surface area contributed by atoms with Gasteiger partial charge in [-0.15, -0.1) is 0 Å². The average molecular weight is 354 g/mol. The van der Waals surface area contributed by atoms with E-state index < -0.39 is 39.5 Å². The van der Waals surface area contributed by atoms with Crippen LogP contribution >= 0.6 is 11.6 Å². The first-order valence-corrected chi connectivity index (χ1v) is 6.88. The summed E-state index contributed by atoms with van der Waals surface area (Å²) in [6.45, 7) is 0. The van der Waals surface area contributed by atoms with Gasteiger partial charge in [0.1, 0.15) is 10.5 Å². The predicted octanol–water partition coefficient (Wildman–Crippen LogP) is 3.25. The highest BCUT2D eigenvalue weighted by Gasteiger charge is 2.22. The van der Waals surface area contributed by atoms with Gasteiger partial charge in [0.2, 0.25) is 0 Å². The van der Waals surface area contributed by atoms with Crippen LogP contribution in [0.25, 0.3) is 10.9 Å². The van der Waals surface area contributed by atoms with Gasteiger partial charge in [0.25, 0.3) is 11.5 Å². The summed E-state index contributed by atoms with van der Waals surface area (Å²) in [5.41, 5.74) is -0.952. The van der Waals surface area contributed by atoms with Crippen molar-refractivity contribution < 1.29 is 18.0 Å². The van der Waals surface area contributed by atoms with Crippen molar-refractivity contribution >= 4 is 34.1 Å². The molecule has 24 heavy (non-hydrogen) atoms. The van der Waals surface area contributed by atoms with Crippen LogP contribution in [0.15, 0.2) is 35.4 Å². The van der Waals surface area contributed by atoms with Crippen molar-refractivity contribution in [2.24, 2.45) is 0 Å². The van der Waals surface area contributed by atoms with Crippen molar-refractivity contribution in [1.82, 2.24) is 9.97 Å². The van der Waals surface area contributed by atoms with E-state index in [4.69, 9.17) is 11.6 Å². The number of carbonyl (C=O) groups is 1. The van der Waals surface area contributed by atoms with Crippen LogP contribution in [0, 0.1) is 17.5 Å². The van der Waals surface area contributed by atoms with Crippen molar-refractivity contribution in [2.75, 3.05) is 5.32 Å². The van der Waals surface area contributed by atoms with E-state index in [-0.39, 0.29) is 16.6 Å². The quantitative estimate of drug-likeness (QED) is 0.548. The standard InChI is InChI=1S/C15H7ClF3N3O2/c16-10-11(18)7(4-8(17)12(10)19)15(24)22-9-3-1-2-6-13(9)20-5-21-14(6)23/h1-5H,(H,22,24)(H,20,21,23). The number of nitrogens with zero attached hydrogens (tertiary/aromatic N) is 1. The molecule has 0 aliphatic carbocycles. The fourth-order valence-corrected chi connectivity index (χ4v) is 2.32. The number of nitrogens with one attached hydrogen (secondary N) is 2. The van der Waals surface area contributed by atoms with Crippen molar-refractivity contribution in [3.8, 4) is 0 Å². The molecular formula is C15H7ClF3N3O2. The molecule has 0 fully saturated rings. The Bertz CT molecular complexity index is 1040. The fourth-order valence-electron chi connectivity index (χ4n) is 2.13. The summed E-state index contributed by atoms with van der Waals surface area (Å²) >= 11 is 5.32. The minimum absolute atomic E-state index is 0.101. The maximum absolute atomic E-state index is 13.9. The molecule has 3 aromatic rings. The number of carbonyl (C=O) groups excluding carboxylic acids is 1. The fraction of sp³-hybridized carbons (Fsp3) is 0. The van der Waals surface area contributed by atoms with Crippen LogP contribution in [0.3, 0.4) is 0 Å². The van der Waals surface area contributed by atoms with E-state index in [1.165, 1.54) is 18.2 Å². The number of hydrogen-bond donors (Lipinski definition) is 2. The van der Waals surface area contributed by atoms with E-state index in [2.05, 4.69) is 15.3 Å². The zero-order valence-electron chi connectivity index (χ0n) is 11.7. The van der Waals surface area contributed by atoms with Crippen LogP contribution in [-0.4, -0.2) is 15.9 Å². The Balaban J connectivity index is 2.06. The predicted molar refractivity (Wildman–Crippen MR) is 81.6 cm³/mol. The second-order valence-electron chi connectivity index (χ2n) is 4.74. The van der Waals surface area contributed by atoms with Gasteiger partial charge in [0.15, 0.2) is 17.5 Å². The largest absolute Gasteiger partial charge is 0.320 e. The number of aromatic amines is 1. The summed E-state index contributed by atoms with van der Waals surface area (Å²) in [7, 11) is 0. The first-order chi connectivity index (χ1) is 11.4. The summed E-state index contributed by atoms with van der Waals surface area (Å²) in [4.78, 5) is 30.2. The molecule has 2 N–H and O–H groups in total. The Kier molecular flexibility index (Phi) is 3.98. The van der Waals surface area contributed by atoms with E-state index in [1.54, 1.807) is 0 Å². The average Bonchev–Trinajstić information content (AvgIpc) is 2.57. The van der Waals surface area contributed by atoms with E-state index in [1.807, 2.05) is 0 Å². The molecule has 0 unspecified atom stereocenters. The Labute approximate surface area is 137 Å². The molecule has 1 heterocycles. The summed E-state index contributed by atoms with van der Waals surface area (Å²) < 4.78 is 40.5. The first-order valence-electron chi connectivity index (χ1n) is 6.51. The Morgan fingerprint density at radius 3 is 2.71 bits per heavy atom. The molecule has 0 saturated carbocycles. The third kappa shape index (κ3) is 2.61. The first kappa shape index (κ1) is 16.0. The number of hydrogen-bond acceptors (Lipinski definition) is 3. The number of rotatable bonds is 2. The topological polar surface area (TPSA) is 74.8 Å². The maximum Gasteiger partial charge on any atom is 0.258 e. The highest BCUT2D eigenvalue weighted by molar-refractivity contribution is 6.31. The van der Waals surface area contributed by atoms with Crippen LogP contribution in [0.2, 0.25) is 5.02 Å². The van der Waals surface area contributed by atoms with Gasteiger partial charge in [-0.05, 0) is 18.2 Å². The normalized spacial score (nSPS) is 10.8. The molecule has 1 amide bonds. The molecule has 1 aromatic heterocycles. The number of benzene rings is 2. The highest BCUT2D eigenvalue weighted by Crippen LogP contribution is 2.26. The summed E-state index contributed by atoms with van der Waals surface area (Å²) in [6.07, 6.45) is 1.13. The monoisotopic (exact) mass is 353 g/mol. The minimum atomic E-state index is -1.58. The third-order valence-electron chi connectivity index (χ3n) is 3.27. The Morgan fingerprint density at radius 1 is 1.21 bits per heavy atom. The van der Waals surface area contributed by atoms with Crippen LogP contribution < -0.4 is 10.9 Å². The lowest BCUT2D eigenvalue weighted by Gasteiger charge is -2.09. The summed E-state index contributed by atoms with van der Waals surface area (Å²) in [5.74, 6) is -5.50. The van der Waals surface area contributed by atoms with Gasteiger partial charge in [-0.2, -0.15) is 0 Å². The molecule has 9 heteroatoms. The summed E-state index contributed by atoms with van der Waals surface area (Å²) in [5, 5.41) is 1.38.